The van der Waals surface area contributed by atoms with Gasteiger partial charge in [0.05, 0.1) is 28.0 Å². The molecule has 2 aromatic rings. The van der Waals surface area contributed by atoms with Crippen molar-refractivity contribution in [3.8, 4) is 0 Å². The molecule has 1 atom stereocenters. The summed E-state index contributed by atoms with van der Waals surface area (Å²) in [7, 11) is -3.53. The SMILES string of the molecule is CS(=O)(=O)N[C@H](CC(=O)Nc1cccc(Cl)c1Cl)c1ccc(Cl)cc1. The monoisotopic (exact) mass is 420 g/mol. The molecule has 9 heteroatoms. The molecule has 134 valence electrons. The van der Waals surface area contributed by atoms with Gasteiger partial charge in [-0.05, 0) is 29.8 Å². The Morgan fingerprint density at radius 1 is 1.08 bits per heavy atom. The molecule has 1 amide bonds. The zero-order valence-electron chi connectivity index (χ0n) is 13.1. The van der Waals surface area contributed by atoms with E-state index in [2.05, 4.69) is 10.0 Å². The van der Waals surface area contributed by atoms with Gasteiger partial charge in [-0.3, -0.25) is 4.79 Å². The molecule has 0 aliphatic carbocycles. The average Bonchev–Trinajstić information content (AvgIpc) is 2.50. The lowest BCUT2D eigenvalue weighted by Gasteiger charge is -2.18. The summed E-state index contributed by atoms with van der Waals surface area (Å²) in [5.41, 5.74) is 0.968. The van der Waals surface area contributed by atoms with Crippen molar-refractivity contribution in [2.24, 2.45) is 0 Å². The second-order valence-electron chi connectivity index (χ2n) is 5.35. The van der Waals surface area contributed by atoms with E-state index in [1.54, 1.807) is 42.5 Å². The maximum absolute atomic E-state index is 12.3. The predicted molar refractivity (Wildman–Crippen MR) is 102 cm³/mol. The molecule has 0 unspecified atom stereocenters. The maximum atomic E-state index is 12.3. The Bertz CT molecular complexity index is 871. The van der Waals surface area contributed by atoms with E-state index in [0.717, 1.165) is 6.26 Å². The van der Waals surface area contributed by atoms with Gasteiger partial charge < -0.3 is 5.32 Å². The zero-order valence-corrected chi connectivity index (χ0v) is 16.2. The van der Waals surface area contributed by atoms with E-state index in [-0.39, 0.29) is 11.4 Å². The smallest absolute Gasteiger partial charge is 0.226 e. The molecule has 2 rings (SSSR count). The van der Waals surface area contributed by atoms with Gasteiger partial charge in [0.2, 0.25) is 15.9 Å². The van der Waals surface area contributed by atoms with E-state index < -0.39 is 22.0 Å². The fourth-order valence-electron chi connectivity index (χ4n) is 2.17. The summed E-state index contributed by atoms with van der Waals surface area (Å²) < 4.78 is 25.7. The largest absolute Gasteiger partial charge is 0.325 e. The zero-order chi connectivity index (χ0) is 18.6. The molecule has 0 spiro atoms. The van der Waals surface area contributed by atoms with E-state index in [0.29, 0.717) is 21.3 Å². The second kappa shape index (κ2) is 8.38. The highest BCUT2D eigenvalue weighted by Crippen LogP contribution is 2.30. The Kier molecular flexibility index (Phi) is 6.71. The van der Waals surface area contributed by atoms with Gasteiger partial charge in [0, 0.05) is 11.4 Å². The molecule has 0 saturated carbocycles. The number of nitrogens with one attached hydrogen (secondary N) is 2. The molecule has 0 saturated heterocycles. The molecule has 2 aromatic carbocycles. The van der Waals surface area contributed by atoms with Crippen LogP contribution in [0.15, 0.2) is 42.5 Å². The van der Waals surface area contributed by atoms with Gasteiger partial charge in [-0.15, -0.1) is 0 Å². The van der Waals surface area contributed by atoms with Crippen LogP contribution in [0.1, 0.15) is 18.0 Å². The van der Waals surface area contributed by atoms with Crippen molar-refractivity contribution >= 4 is 56.4 Å². The minimum Gasteiger partial charge on any atom is -0.325 e. The molecule has 0 aromatic heterocycles. The first-order valence-electron chi connectivity index (χ1n) is 7.12. The van der Waals surface area contributed by atoms with Crippen LogP contribution in [0.4, 0.5) is 5.69 Å². The van der Waals surface area contributed by atoms with Gasteiger partial charge in [0.25, 0.3) is 0 Å². The fraction of sp³-hybridized carbons (Fsp3) is 0.188. The number of hydrogen-bond donors (Lipinski definition) is 2. The van der Waals surface area contributed by atoms with Crippen LogP contribution in [0.3, 0.4) is 0 Å². The van der Waals surface area contributed by atoms with Crippen LogP contribution in [0.2, 0.25) is 15.1 Å². The first-order chi connectivity index (χ1) is 11.7. The summed E-state index contributed by atoms with van der Waals surface area (Å²) in [6.45, 7) is 0. The first-order valence-corrected chi connectivity index (χ1v) is 10.1. The van der Waals surface area contributed by atoms with E-state index >= 15 is 0 Å². The third-order valence-electron chi connectivity index (χ3n) is 3.24. The molecule has 0 heterocycles. The Balaban J connectivity index is 2.19. The fourth-order valence-corrected chi connectivity index (χ4v) is 3.38. The summed E-state index contributed by atoms with van der Waals surface area (Å²) in [5.74, 6) is -0.416. The summed E-state index contributed by atoms with van der Waals surface area (Å²) in [6, 6.07) is 10.7. The van der Waals surface area contributed by atoms with Crippen molar-refractivity contribution in [2.75, 3.05) is 11.6 Å². The number of anilines is 1. The first kappa shape index (κ1) is 20.0. The Labute approximate surface area is 161 Å². The highest BCUT2D eigenvalue weighted by atomic mass is 35.5. The number of hydrogen-bond acceptors (Lipinski definition) is 3. The van der Waals surface area contributed by atoms with E-state index in [9.17, 15) is 13.2 Å². The number of halogens is 3. The van der Waals surface area contributed by atoms with Crippen LogP contribution in [0.25, 0.3) is 0 Å². The minimum atomic E-state index is -3.53. The molecule has 25 heavy (non-hydrogen) atoms. The molecular weight excluding hydrogens is 407 g/mol. The van der Waals surface area contributed by atoms with Gasteiger partial charge >= 0.3 is 0 Å². The molecule has 2 N–H and O–H groups in total. The van der Waals surface area contributed by atoms with Crippen LogP contribution in [-0.2, 0) is 14.8 Å². The molecular formula is C16H15Cl3N2O3S. The van der Waals surface area contributed by atoms with Crippen LogP contribution >= 0.6 is 34.8 Å². The highest BCUT2D eigenvalue weighted by molar-refractivity contribution is 7.88. The summed E-state index contributed by atoms with van der Waals surface area (Å²) >= 11 is 17.8. The second-order valence-corrected chi connectivity index (χ2v) is 8.35. The Hall–Kier alpha value is -1.31. The van der Waals surface area contributed by atoms with Crippen LogP contribution in [0.5, 0.6) is 0 Å². The average molecular weight is 422 g/mol. The van der Waals surface area contributed by atoms with Crippen molar-refractivity contribution < 1.29 is 13.2 Å². The molecule has 0 aliphatic rings. The number of amides is 1. The standard InChI is InChI=1S/C16H15Cl3N2O3S/c1-25(23,24)21-14(10-5-7-11(17)8-6-10)9-15(22)20-13-4-2-3-12(18)16(13)19/h2-8,14,21H,9H2,1H3,(H,20,22)/t14-/m1/s1. The van der Waals surface area contributed by atoms with Crippen molar-refractivity contribution in [1.82, 2.24) is 4.72 Å². The van der Waals surface area contributed by atoms with Crippen molar-refractivity contribution in [3.05, 3.63) is 63.1 Å². The summed E-state index contributed by atoms with van der Waals surface area (Å²) in [6.07, 6.45) is 0.902. The van der Waals surface area contributed by atoms with Crippen molar-refractivity contribution in [2.45, 2.75) is 12.5 Å². The lowest BCUT2D eigenvalue weighted by atomic mass is 10.0. The number of rotatable bonds is 6. The van der Waals surface area contributed by atoms with E-state index in [1.165, 1.54) is 0 Å². The molecule has 5 nitrogen and oxygen atoms in total. The van der Waals surface area contributed by atoms with Gasteiger partial charge in [0.15, 0.2) is 0 Å². The van der Waals surface area contributed by atoms with Crippen LogP contribution in [0, 0.1) is 0 Å². The molecule has 0 fully saturated rings. The maximum Gasteiger partial charge on any atom is 0.226 e. The summed E-state index contributed by atoms with van der Waals surface area (Å²) in [5, 5.41) is 3.67. The summed E-state index contributed by atoms with van der Waals surface area (Å²) in [4.78, 5) is 12.3. The van der Waals surface area contributed by atoms with Crippen LogP contribution < -0.4 is 10.0 Å². The minimum absolute atomic E-state index is 0.127. The molecule has 0 radical (unpaired) electrons. The Morgan fingerprint density at radius 2 is 1.72 bits per heavy atom. The number of benzene rings is 2. The van der Waals surface area contributed by atoms with Crippen LogP contribution in [-0.4, -0.2) is 20.6 Å². The quantitative estimate of drug-likeness (QED) is 0.731. The van der Waals surface area contributed by atoms with Crippen molar-refractivity contribution in [3.63, 3.8) is 0 Å². The highest BCUT2D eigenvalue weighted by Gasteiger charge is 2.20. The molecule has 0 aliphatic heterocycles. The van der Waals surface area contributed by atoms with E-state index in [4.69, 9.17) is 34.8 Å². The predicted octanol–water partition coefficient (Wildman–Crippen LogP) is 4.27. The van der Waals surface area contributed by atoms with Gasteiger partial charge in [-0.1, -0.05) is 53.0 Å². The van der Waals surface area contributed by atoms with Gasteiger partial charge in [-0.2, -0.15) is 0 Å². The number of carbonyl (C=O) groups is 1. The number of sulfonamides is 1. The third kappa shape index (κ3) is 6.17. The lowest BCUT2D eigenvalue weighted by molar-refractivity contribution is -0.116. The van der Waals surface area contributed by atoms with Crippen molar-refractivity contribution in [1.29, 1.82) is 0 Å². The van der Waals surface area contributed by atoms with Gasteiger partial charge in [-0.25, -0.2) is 13.1 Å². The topological polar surface area (TPSA) is 75.3 Å². The normalized spacial score (nSPS) is 12.6. The van der Waals surface area contributed by atoms with E-state index in [1.807, 2.05) is 0 Å². The molecule has 0 bridgehead atoms. The third-order valence-corrected chi connectivity index (χ3v) is 5.03. The number of carbonyl (C=O) groups excluding carboxylic acids is 1. The van der Waals surface area contributed by atoms with Gasteiger partial charge in [0.1, 0.15) is 0 Å². The Morgan fingerprint density at radius 3 is 2.32 bits per heavy atom. The lowest BCUT2D eigenvalue weighted by Crippen LogP contribution is -2.30.